The molecule has 4 fully saturated rings. The Bertz CT molecular complexity index is 924. The molecule has 196 valence electrons. The number of carbonyl (C=O) groups excluding carboxylic acids is 4. The molecular formula is C25H41N5O5. The van der Waals surface area contributed by atoms with Crippen LogP contribution in [0.15, 0.2) is 0 Å². The minimum Gasteiger partial charge on any atom is -0.371 e. The largest absolute Gasteiger partial charge is 0.371 e. The van der Waals surface area contributed by atoms with Crippen molar-refractivity contribution in [2.75, 3.05) is 6.54 Å². The Labute approximate surface area is 207 Å². The predicted octanol–water partition coefficient (Wildman–Crippen LogP) is 0.0292. The van der Waals surface area contributed by atoms with E-state index < -0.39 is 41.6 Å². The summed E-state index contributed by atoms with van der Waals surface area (Å²) in [6.45, 7) is 12.0. The van der Waals surface area contributed by atoms with Gasteiger partial charge in [-0.2, -0.15) is 0 Å². The van der Waals surface area contributed by atoms with Gasteiger partial charge >= 0.3 is 0 Å². The van der Waals surface area contributed by atoms with Gasteiger partial charge in [-0.05, 0) is 70.6 Å². The Morgan fingerprint density at radius 3 is 2.40 bits per heavy atom. The molecule has 10 heteroatoms. The molecule has 4 rings (SSSR count). The number of nitrogens with one attached hydrogen (secondary N) is 2. The van der Waals surface area contributed by atoms with Crippen molar-refractivity contribution in [3.05, 3.63) is 0 Å². The van der Waals surface area contributed by atoms with Crippen LogP contribution in [0.4, 0.5) is 0 Å². The lowest BCUT2D eigenvalue weighted by molar-refractivity contribution is -0.146. The number of ether oxygens (including phenoxy) is 1. The molecule has 0 bridgehead atoms. The normalized spacial score (nSPS) is 32.4. The van der Waals surface area contributed by atoms with Crippen molar-refractivity contribution in [2.24, 2.45) is 34.6 Å². The minimum atomic E-state index is -0.984. The van der Waals surface area contributed by atoms with Crippen LogP contribution in [0.2, 0.25) is 0 Å². The van der Waals surface area contributed by atoms with Crippen molar-refractivity contribution in [2.45, 2.75) is 103 Å². The van der Waals surface area contributed by atoms with Gasteiger partial charge in [0.05, 0.1) is 11.7 Å². The maximum absolute atomic E-state index is 13.5. The third kappa shape index (κ3) is 4.91. The summed E-state index contributed by atoms with van der Waals surface area (Å²) in [6, 6.07) is -2.65. The number of hydrogen-bond acceptors (Lipinski definition) is 6. The molecule has 0 unspecified atom stereocenters. The summed E-state index contributed by atoms with van der Waals surface area (Å²) in [5, 5.41) is 5.79. The fourth-order valence-electron chi connectivity index (χ4n) is 6.27. The van der Waals surface area contributed by atoms with Crippen LogP contribution in [0.25, 0.3) is 0 Å². The monoisotopic (exact) mass is 491 g/mol. The Balaban J connectivity index is 1.46. The van der Waals surface area contributed by atoms with E-state index in [-0.39, 0.29) is 46.9 Å². The van der Waals surface area contributed by atoms with Crippen LogP contribution in [-0.4, -0.2) is 70.4 Å². The fourth-order valence-corrected chi connectivity index (χ4v) is 6.27. The van der Waals surface area contributed by atoms with Gasteiger partial charge < -0.3 is 31.7 Å². The number of rotatable bonds is 8. The summed E-state index contributed by atoms with van der Waals surface area (Å²) < 4.78 is 5.89. The van der Waals surface area contributed by atoms with Gasteiger partial charge in [-0.25, -0.2) is 0 Å². The number of fused-ring (bicyclic) bond motifs is 1. The molecule has 35 heavy (non-hydrogen) atoms. The smallest absolute Gasteiger partial charge is 0.243 e. The summed E-state index contributed by atoms with van der Waals surface area (Å²) in [5.74, 6) is -1.77. The van der Waals surface area contributed by atoms with Crippen LogP contribution in [0.5, 0.6) is 0 Å². The van der Waals surface area contributed by atoms with Crippen molar-refractivity contribution >= 4 is 23.6 Å². The molecule has 0 aromatic rings. The highest BCUT2D eigenvalue weighted by Gasteiger charge is 2.69. The van der Waals surface area contributed by atoms with Gasteiger partial charge in [-0.3, -0.25) is 19.2 Å². The lowest BCUT2D eigenvalue weighted by atomic mass is 9.94. The number of carbonyl (C=O) groups is 4. The van der Waals surface area contributed by atoms with E-state index in [0.29, 0.717) is 13.0 Å². The molecule has 0 aromatic heterocycles. The lowest BCUT2D eigenvalue weighted by Gasteiger charge is -2.35. The molecule has 0 aromatic carbocycles. The van der Waals surface area contributed by atoms with Crippen molar-refractivity contribution < 1.29 is 23.9 Å². The second-order valence-corrected chi connectivity index (χ2v) is 12.7. The number of primary amides is 1. The summed E-state index contributed by atoms with van der Waals surface area (Å²) >= 11 is 0. The molecule has 2 heterocycles. The number of piperidine rings is 1. The van der Waals surface area contributed by atoms with Crippen LogP contribution in [0.1, 0.15) is 67.2 Å². The summed E-state index contributed by atoms with van der Waals surface area (Å²) in [6.07, 6.45) is 2.15. The number of hydrogen-bond donors (Lipinski definition) is 4. The van der Waals surface area contributed by atoms with Crippen molar-refractivity contribution in [3.8, 4) is 0 Å². The second-order valence-electron chi connectivity index (χ2n) is 12.7. The van der Waals surface area contributed by atoms with Gasteiger partial charge in [0.1, 0.15) is 18.1 Å². The number of likely N-dealkylation sites (tertiary alicyclic amines) is 1. The van der Waals surface area contributed by atoms with E-state index in [4.69, 9.17) is 16.2 Å². The molecule has 2 saturated carbocycles. The van der Waals surface area contributed by atoms with Crippen LogP contribution in [0.3, 0.4) is 0 Å². The van der Waals surface area contributed by atoms with Gasteiger partial charge in [0.2, 0.25) is 23.6 Å². The zero-order valence-corrected chi connectivity index (χ0v) is 21.7. The predicted molar refractivity (Wildman–Crippen MR) is 128 cm³/mol. The van der Waals surface area contributed by atoms with E-state index in [2.05, 4.69) is 24.5 Å². The molecule has 10 nitrogen and oxygen atoms in total. The van der Waals surface area contributed by atoms with E-state index in [1.165, 1.54) is 0 Å². The molecule has 4 aliphatic rings. The molecule has 2 aliphatic heterocycles. The maximum atomic E-state index is 13.5. The first-order chi connectivity index (χ1) is 16.1. The molecule has 1 spiro atoms. The minimum absolute atomic E-state index is 0.0319. The van der Waals surface area contributed by atoms with Crippen molar-refractivity contribution in [1.82, 2.24) is 15.5 Å². The zero-order valence-electron chi connectivity index (χ0n) is 21.7. The summed E-state index contributed by atoms with van der Waals surface area (Å²) in [4.78, 5) is 53.1. The Kier molecular flexibility index (Phi) is 6.24. The first kappa shape index (κ1) is 25.9. The molecule has 6 N–H and O–H groups in total. The Hall–Kier alpha value is -2.20. The van der Waals surface area contributed by atoms with Crippen molar-refractivity contribution in [1.29, 1.82) is 0 Å². The highest BCUT2D eigenvalue weighted by molar-refractivity contribution is 5.94. The molecule has 2 saturated heterocycles. The highest BCUT2D eigenvalue weighted by Crippen LogP contribution is 2.65. The Morgan fingerprint density at radius 2 is 1.89 bits per heavy atom. The molecule has 0 radical (unpaired) electrons. The van der Waals surface area contributed by atoms with E-state index in [1.54, 1.807) is 11.8 Å². The number of nitrogens with zero attached hydrogens (tertiary/aromatic N) is 1. The second kappa shape index (κ2) is 8.44. The van der Waals surface area contributed by atoms with Gasteiger partial charge in [0.15, 0.2) is 0 Å². The van der Waals surface area contributed by atoms with E-state index in [0.717, 1.165) is 12.8 Å². The van der Waals surface area contributed by atoms with Gasteiger partial charge in [-0.1, -0.05) is 13.8 Å². The fraction of sp³-hybridized carbons (Fsp3) is 0.840. The molecule has 7 atom stereocenters. The van der Waals surface area contributed by atoms with Gasteiger partial charge in [0.25, 0.3) is 0 Å². The first-order valence-electron chi connectivity index (χ1n) is 12.7. The standard InChI is InChI=1S/C25H41N5O5/c1-12(35-23(2,3)4)17(26)22(34)30-11-14-16(24(14,5)6)18(30)21(33)28-15(19(27)31)9-13-10-25(7-8-25)29-20(13)32/h12-18H,7-11,26H2,1-6H3,(H2,27,31)(H,28,33)(H,29,32)/t12-,13+,14-,15-,16-,17-,18-/m0/s1. The quantitative estimate of drug-likeness (QED) is 0.375. The molecule has 4 amide bonds. The highest BCUT2D eigenvalue weighted by atomic mass is 16.5. The van der Waals surface area contributed by atoms with E-state index in [1.807, 2.05) is 20.8 Å². The van der Waals surface area contributed by atoms with E-state index >= 15 is 0 Å². The van der Waals surface area contributed by atoms with Crippen molar-refractivity contribution in [3.63, 3.8) is 0 Å². The SMILES string of the molecule is C[C@H](OC(C)(C)C)[C@H](N)C(=O)N1C[C@H]2[C@@H]([C@H]1C(=O)N[C@@H](C[C@@H]1CC3(CC3)NC1=O)C(N)=O)C2(C)C. The van der Waals surface area contributed by atoms with E-state index in [9.17, 15) is 19.2 Å². The van der Waals surface area contributed by atoms with Gasteiger partial charge in [-0.15, -0.1) is 0 Å². The zero-order chi connectivity index (χ0) is 26.1. The van der Waals surface area contributed by atoms with Crippen LogP contribution < -0.4 is 22.1 Å². The number of nitrogens with two attached hydrogens (primary N) is 2. The number of amides is 4. The molecule has 2 aliphatic carbocycles. The van der Waals surface area contributed by atoms with Gasteiger partial charge in [0, 0.05) is 18.0 Å². The maximum Gasteiger partial charge on any atom is 0.243 e. The third-order valence-corrected chi connectivity index (χ3v) is 8.52. The first-order valence-corrected chi connectivity index (χ1v) is 12.7. The summed E-state index contributed by atoms with van der Waals surface area (Å²) in [5.41, 5.74) is 11.2. The topological polar surface area (TPSA) is 157 Å². The third-order valence-electron chi connectivity index (χ3n) is 8.52. The van der Waals surface area contributed by atoms with Crippen LogP contribution in [0, 0.1) is 23.2 Å². The van der Waals surface area contributed by atoms with Crippen LogP contribution in [-0.2, 0) is 23.9 Å². The average molecular weight is 492 g/mol. The Morgan fingerprint density at radius 1 is 1.26 bits per heavy atom. The van der Waals surface area contributed by atoms with Crippen LogP contribution >= 0.6 is 0 Å². The average Bonchev–Trinajstić information content (AvgIpc) is 3.44. The molecular weight excluding hydrogens is 450 g/mol. The lowest BCUT2D eigenvalue weighted by Crippen LogP contribution is -2.59. The summed E-state index contributed by atoms with van der Waals surface area (Å²) in [7, 11) is 0.